The molecule has 0 atom stereocenters. The summed E-state index contributed by atoms with van der Waals surface area (Å²) in [5.74, 6) is 1.28. The van der Waals surface area contributed by atoms with E-state index in [1.165, 1.54) is 27.5 Å². The van der Waals surface area contributed by atoms with E-state index in [9.17, 15) is 0 Å². The molecule has 63 heavy (non-hydrogen) atoms. The summed E-state index contributed by atoms with van der Waals surface area (Å²) in [6.45, 7) is 4.33. The van der Waals surface area contributed by atoms with Crippen molar-refractivity contribution in [3.8, 4) is 84.6 Å². The lowest BCUT2D eigenvalue weighted by Crippen LogP contribution is -2.02. The van der Waals surface area contributed by atoms with Crippen molar-refractivity contribution < 1.29 is 0 Å². The van der Waals surface area contributed by atoms with Crippen LogP contribution in [0.2, 0.25) is 0 Å². The third-order valence-electron chi connectivity index (χ3n) is 11.7. The zero-order chi connectivity index (χ0) is 42.3. The summed E-state index contributed by atoms with van der Waals surface area (Å²) in [7, 11) is 0. The third-order valence-corrected chi connectivity index (χ3v) is 11.7. The molecule has 11 aromatic rings. The van der Waals surface area contributed by atoms with Crippen LogP contribution in [0.1, 0.15) is 11.1 Å². The maximum absolute atomic E-state index is 5.41. The van der Waals surface area contributed by atoms with Crippen molar-refractivity contribution in [2.24, 2.45) is 0 Å². The molecule has 5 nitrogen and oxygen atoms in total. The van der Waals surface area contributed by atoms with Gasteiger partial charge in [-0.1, -0.05) is 181 Å². The summed E-state index contributed by atoms with van der Waals surface area (Å²) in [5, 5.41) is 2.36. The molecule has 0 aliphatic rings. The maximum atomic E-state index is 5.41. The largest absolute Gasteiger partial charge is 0.309 e. The van der Waals surface area contributed by atoms with E-state index >= 15 is 0 Å². The topological polar surface area (TPSA) is 56.5 Å². The van der Waals surface area contributed by atoms with E-state index in [1.807, 2.05) is 60.7 Å². The van der Waals surface area contributed by atoms with Crippen molar-refractivity contribution in [1.29, 1.82) is 0 Å². The molecule has 0 fully saturated rings. The van der Waals surface area contributed by atoms with Crippen molar-refractivity contribution in [2.75, 3.05) is 0 Å². The minimum absolute atomic E-state index is 0.628. The summed E-state index contributed by atoms with van der Waals surface area (Å²) in [5.41, 5.74) is 17.2. The number of benzene rings is 8. The lowest BCUT2D eigenvalue weighted by Gasteiger charge is -2.17. The van der Waals surface area contributed by atoms with E-state index in [0.29, 0.717) is 11.6 Å². The number of aryl methyl sites for hydroxylation is 2. The highest BCUT2D eigenvalue weighted by Gasteiger charge is 2.21. The molecular formula is C58H41N5. The molecular weight excluding hydrogens is 767 g/mol. The van der Waals surface area contributed by atoms with Gasteiger partial charge in [-0.15, -0.1) is 0 Å². The van der Waals surface area contributed by atoms with Gasteiger partial charge in [0.05, 0.1) is 39.5 Å². The van der Waals surface area contributed by atoms with Gasteiger partial charge in [0.1, 0.15) is 0 Å². The first-order valence-corrected chi connectivity index (χ1v) is 21.3. The first-order valence-electron chi connectivity index (χ1n) is 21.3. The fourth-order valence-corrected chi connectivity index (χ4v) is 8.77. The van der Waals surface area contributed by atoms with E-state index in [0.717, 1.165) is 78.4 Å². The van der Waals surface area contributed by atoms with Gasteiger partial charge in [-0.25, -0.2) is 19.9 Å². The number of nitrogens with zero attached hydrogens (tertiary/aromatic N) is 5. The zero-order valence-electron chi connectivity index (χ0n) is 34.9. The average molecular weight is 808 g/mol. The summed E-state index contributed by atoms with van der Waals surface area (Å²) >= 11 is 0. The van der Waals surface area contributed by atoms with Gasteiger partial charge < -0.3 is 4.57 Å². The predicted molar refractivity (Wildman–Crippen MR) is 259 cm³/mol. The molecule has 0 saturated heterocycles. The fraction of sp³-hybridized carbons (Fsp3) is 0.0345. The van der Waals surface area contributed by atoms with E-state index in [4.69, 9.17) is 19.9 Å². The Morgan fingerprint density at radius 1 is 0.302 bits per heavy atom. The fourth-order valence-electron chi connectivity index (χ4n) is 8.77. The van der Waals surface area contributed by atoms with E-state index in [-0.39, 0.29) is 0 Å². The number of hydrogen-bond donors (Lipinski definition) is 0. The Kier molecular flexibility index (Phi) is 9.55. The second kappa shape index (κ2) is 16.0. The molecule has 5 heteroatoms. The second-order valence-electron chi connectivity index (χ2n) is 16.1. The van der Waals surface area contributed by atoms with Crippen LogP contribution in [0.3, 0.4) is 0 Å². The van der Waals surface area contributed by atoms with Crippen molar-refractivity contribution in [2.45, 2.75) is 13.8 Å². The Hall–Kier alpha value is -8.28. The lowest BCUT2D eigenvalue weighted by molar-refractivity contribution is 1.14. The van der Waals surface area contributed by atoms with Crippen LogP contribution in [0.15, 0.2) is 212 Å². The first-order chi connectivity index (χ1) is 31.0. The Labute approximate surface area is 366 Å². The number of aromatic nitrogens is 5. The Morgan fingerprint density at radius 2 is 0.762 bits per heavy atom. The van der Waals surface area contributed by atoms with Gasteiger partial charge in [-0.05, 0) is 67.4 Å². The van der Waals surface area contributed by atoms with Crippen LogP contribution in [0.5, 0.6) is 0 Å². The van der Waals surface area contributed by atoms with Gasteiger partial charge in [0, 0.05) is 44.2 Å². The van der Waals surface area contributed by atoms with Gasteiger partial charge in [0.2, 0.25) is 0 Å². The minimum atomic E-state index is 0.628. The Morgan fingerprint density at radius 3 is 1.35 bits per heavy atom. The van der Waals surface area contributed by atoms with Gasteiger partial charge >= 0.3 is 0 Å². The molecule has 0 aliphatic heterocycles. The zero-order valence-corrected chi connectivity index (χ0v) is 34.9. The third kappa shape index (κ3) is 7.26. The number of hydrogen-bond acceptors (Lipinski definition) is 4. The molecule has 0 unspecified atom stereocenters. The number of fused-ring (bicyclic) bond motifs is 3. The SMILES string of the molecule is Cc1cc(C)cc(-c2ccc3c4ccccc4n(-c4ccc(-c5nc(-c6ccccc6)cc(-c6ccccc6)n5)cc4-c4cc(-c5ccccc5)nc(-c5ccccc5)n4)c3c2)c1. The molecule has 298 valence electrons. The molecule has 3 aromatic heterocycles. The molecule has 8 aromatic carbocycles. The summed E-state index contributed by atoms with van der Waals surface area (Å²) in [6.07, 6.45) is 0. The van der Waals surface area contributed by atoms with Crippen molar-refractivity contribution in [1.82, 2.24) is 24.5 Å². The first kappa shape index (κ1) is 37.7. The van der Waals surface area contributed by atoms with Crippen LogP contribution < -0.4 is 0 Å². The minimum Gasteiger partial charge on any atom is -0.309 e. The van der Waals surface area contributed by atoms with Gasteiger partial charge in [0.25, 0.3) is 0 Å². The highest BCUT2D eigenvalue weighted by molar-refractivity contribution is 6.11. The van der Waals surface area contributed by atoms with Crippen LogP contribution in [0.4, 0.5) is 0 Å². The quantitative estimate of drug-likeness (QED) is 0.153. The molecule has 3 heterocycles. The van der Waals surface area contributed by atoms with Crippen LogP contribution in [0, 0.1) is 13.8 Å². The molecule has 0 radical (unpaired) electrons. The number of rotatable bonds is 8. The molecule has 11 rings (SSSR count). The molecule has 0 bridgehead atoms. The molecule has 0 N–H and O–H groups in total. The number of para-hydroxylation sites is 1. The van der Waals surface area contributed by atoms with Gasteiger partial charge in [0.15, 0.2) is 11.6 Å². The molecule has 0 aliphatic carbocycles. The summed E-state index contributed by atoms with van der Waals surface area (Å²) in [6, 6.07) is 74.3. The van der Waals surface area contributed by atoms with Gasteiger partial charge in [-0.3, -0.25) is 0 Å². The summed E-state index contributed by atoms with van der Waals surface area (Å²) in [4.78, 5) is 21.1. The Bertz CT molecular complexity index is 3320. The smallest absolute Gasteiger partial charge is 0.160 e. The Balaban J connectivity index is 1.21. The monoisotopic (exact) mass is 807 g/mol. The van der Waals surface area contributed by atoms with Crippen LogP contribution in [-0.4, -0.2) is 24.5 Å². The molecule has 0 saturated carbocycles. The summed E-state index contributed by atoms with van der Waals surface area (Å²) < 4.78 is 2.40. The lowest BCUT2D eigenvalue weighted by atomic mass is 9.99. The van der Waals surface area contributed by atoms with Crippen molar-refractivity contribution in [3.63, 3.8) is 0 Å². The molecule has 0 amide bonds. The van der Waals surface area contributed by atoms with E-state index in [2.05, 4.69) is 170 Å². The normalized spacial score (nSPS) is 11.3. The maximum Gasteiger partial charge on any atom is 0.160 e. The highest BCUT2D eigenvalue weighted by atomic mass is 15.0. The average Bonchev–Trinajstić information content (AvgIpc) is 3.68. The molecule has 0 spiro atoms. The van der Waals surface area contributed by atoms with Crippen LogP contribution in [-0.2, 0) is 0 Å². The van der Waals surface area contributed by atoms with Gasteiger partial charge in [-0.2, -0.15) is 0 Å². The van der Waals surface area contributed by atoms with Crippen molar-refractivity contribution >= 4 is 21.8 Å². The second-order valence-corrected chi connectivity index (χ2v) is 16.1. The standard InChI is InChI=1S/C58H41N5/c1-38-31-39(2)33-46(32-38)44-27-29-48-47-25-15-16-26-54(47)63(56(48)35-44)55-30-28-45(58-60-50(40-17-7-3-8-18-40)36-51(61-58)41-19-9-4-10-20-41)34-49(55)53-37-52(42-21-11-5-12-22-42)59-57(62-53)43-23-13-6-14-24-43/h3-37H,1-2H3. The highest BCUT2D eigenvalue weighted by Crippen LogP contribution is 2.41. The van der Waals surface area contributed by atoms with Crippen LogP contribution >= 0.6 is 0 Å². The predicted octanol–water partition coefficient (Wildman–Crippen LogP) is 14.6. The van der Waals surface area contributed by atoms with Crippen LogP contribution in [0.25, 0.3) is 106 Å². The van der Waals surface area contributed by atoms with E-state index in [1.54, 1.807) is 0 Å². The van der Waals surface area contributed by atoms with Crippen molar-refractivity contribution in [3.05, 3.63) is 223 Å². The van der Waals surface area contributed by atoms with E-state index < -0.39 is 0 Å².